The number of H-pyrrole nitrogens is 1. The van der Waals surface area contributed by atoms with E-state index in [1.165, 1.54) is 18.5 Å². The van der Waals surface area contributed by atoms with Crippen LogP contribution in [0.15, 0.2) is 18.3 Å². The second-order valence-electron chi connectivity index (χ2n) is 4.38. The van der Waals surface area contributed by atoms with E-state index in [4.69, 9.17) is 9.47 Å². The Morgan fingerprint density at radius 3 is 2.67 bits per heavy atom. The summed E-state index contributed by atoms with van der Waals surface area (Å²) < 4.78 is 10.4. The molecule has 1 aliphatic rings. The fourth-order valence-electron chi connectivity index (χ4n) is 2.09. The van der Waals surface area contributed by atoms with Crippen LogP contribution in [0.5, 0.6) is 11.8 Å². The third-order valence-electron chi connectivity index (χ3n) is 3.18. The van der Waals surface area contributed by atoms with Crippen molar-refractivity contribution in [2.75, 3.05) is 14.2 Å². The van der Waals surface area contributed by atoms with Crippen LogP contribution in [0.25, 0.3) is 11.1 Å². The van der Waals surface area contributed by atoms with Crippen molar-refractivity contribution in [2.24, 2.45) is 0 Å². The lowest BCUT2D eigenvalue weighted by atomic mass is 10.1. The molecule has 94 valence electrons. The van der Waals surface area contributed by atoms with E-state index in [0.29, 0.717) is 17.7 Å². The van der Waals surface area contributed by atoms with E-state index in [-0.39, 0.29) is 0 Å². The molecule has 5 nitrogen and oxygen atoms in total. The van der Waals surface area contributed by atoms with Gasteiger partial charge in [-0.05, 0) is 18.9 Å². The van der Waals surface area contributed by atoms with Crippen LogP contribution in [0, 0.1) is 0 Å². The molecule has 2 aromatic rings. The summed E-state index contributed by atoms with van der Waals surface area (Å²) in [6.07, 6.45) is 4.28. The van der Waals surface area contributed by atoms with Crippen LogP contribution >= 0.6 is 0 Å². The third-order valence-corrected chi connectivity index (χ3v) is 3.18. The van der Waals surface area contributed by atoms with Crippen molar-refractivity contribution in [3.8, 4) is 22.9 Å². The zero-order chi connectivity index (χ0) is 12.5. The van der Waals surface area contributed by atoms with E-state index < -0.39 is 0 Å². The Balaban J connectivity index is 2.07. The molecule has 0 radical (unpaired) electrons. The van der Waals surface area contributed by atoms with Gasteiger partial charge in [-0.25, -0.2) is 0 Å². The number of hydrogen-bond donors (Lipinski definition) is 1. The number of methoxy groups -OCH3 is 2. The van der Waals surface area contributed by atoms with E-state index in [9.17, 15) is 0 Å². The standard InChI is InChI=1S/C13H15N3O2/c1-17-11-6-5-9(13(15-11)18-2)10-7-14-16-12(10)8-3-4-8/h5-8H,3-4H2,1-2H3,(H,14,16). The van der Waals surface area contributed by atoms with Gasteiger partial charge >= 0.3 is 0 Å². The van der Waals surface area contributed by atoms with E-state index in [1.807, 2.05) is 18.3 Å². The van der Waals surface area contributed by atoms with Gasteiger partial charge in [0.05, 0.1) is 20.4 Å². The Morgan fingerprint density at radius 2 is 2.00 bits per heavy atom. The smallest absolute Gasteiger partial charge is 0.224 e. The molecule has 1 aliphatic carbocycles. The monoisotopic (exact) mass is 245 g/mol. The van der Waals surface area contributed by atoms with Crippen molar-refractivity contribution in [1.29, 1.82) is 0 Å². The highest BCUT2D eigenvalue weighted by atomic mass is 16.5. The van der Waals surface area contributed by atoms with Crippen molar-refractivity contribution in [3.05, 3.63) is 24.0 Å². The Labute approximate surface area is 105 Å². The van der Waals surface area contributed by atoms with E-state index in [2.05, 4.69) is 15.2 Å². The second kappa shape index (κ2) is 4.33. The minimum Gasteiger partial charge on any atom is -0.481 e. The minimum atomic E-state index is 0.548. The number of aromatic nitrogens is 3. The quantitative estimate of drug-likeness (QED) is 0.898. The van der Waals surface area contributed by atoms with Gasteiger partial charge in [-0.2, -0.15) is 10.1 Å². The first-order valence-corrected chi connectivity index (χ1v) is 5.96. The molecule has 0 unspecified atom stereocenters. The van der Waals surface area contributed by atoms with Crippen LogP contribution < -0.4 is 9.47 Å². The summed E-state index contributed by atoms with van der Waals surface area (Å²) in [4.78, 5) is 4.30. The molecule has 1 fully saturated rings. The molecule has 0 amide bonds. The van der Waals surface area contributed by atoms with Crippen LogP contribution in [0.4, 0.5) is 0 Å². The lowest BCUT2D eigenvalue weighted by Gasteiger charge is -2.09. The number of pyridine rings is 1. The van der Waals surface area contributed by atoms with Crippen LogP contribution in [0.2, 0.25) is 0 Å². The Hall–Kier alpha value is -2.04. The number of nitrogens with zero attached hydrogens (tertiary/aromatic N) is 2. The Bertz CT molecular complexity index is 561. The number of aromatic amines is 1. The van der Waals surface area contributed by atoms with E-state index >= 15 is 0 Å². The van der Waals surface area contributed by atoms with Gasteiger partial charge in [-0.15, -0.1) is 0 Å². The zero-order valence-corrected chi connectivity index (χ0v) is 10.4. The molecular formula is C13H15N3O2. The molecule has 0 aliphatic heterocycles. The SMILES string of the molecule is COc1ccc(-c2cn[nH]c2C2CC2)c(OC)n1. The second-order valence-corrected chi connectivity index (χ2v) is 4.38. The highest BCUT2D eigenvalue weighted by molar-refractivity contribution is 5.71. The summed E-state index contributed by atoms with van der Waals surface area (Å²) in [6, 6.07) is 3.79. The molecule has 1 saturated carbocycles. The lowest BCUT2D eigenvalue weighted by Crippen LogP contribution is -1.95. The first-order valence-electron chi connectivity index (χ1n) is 5.96. The lowest BCUT2D eigenvalue weighted by molar-refractivity contribution is 0.366. The molecule has 0 spiro atoms. The molecule has 0 atom stereocenters. The summed E-state index contributed by atoms with van der Waals surface area (Å²) in [6.45, 7) is 0. The fourth-order valence-corrected chi connectivity index (χ4v) is 2.09. The molecule has 1 N–H and O–H groups in total. The van der Waals surface area contributed by atoms with Gasteiger partial charge < -0.3 is 9.47 Å². The van der Waals surface area contributed by atoms with Gasteiger partial charge in [0.2, 0.25) is 11.8 Å². The van der Waals surface area contributed by atoms with Crippen molar-refractivity contribution in [1.82, 2.24) is 15.2 Å². The largest absolute Gasteiger partial charge is 0.481 e. The van der Waals surface area contributed by atoms with Gasteiger partial charge in [0.1, 0.15) is 0 Å². The maximum atomic E-state index is 5.33. The number of hydrogen-bond acceptors (Lipinski definition) is 4. The predicted octanol–water partition coefficient (Wildman–Crippen LogP) is 2.37. The highest BCUT2D eigenvalue weighted by Gasteiger charge is 2.29. The summed E-state index contributed by atoms with van der Waals surface area (Å²) >= 11 is 0. The Kier molecular flexibility index (Phi) is 2.66. The summed E-state index contributed by atoms with van der Waals surface area (Å²) in [5.74, 6) is 1.72. The van der Waals surface area contributed by atoms with Crippen LogP contribution in [-0.4, -0.2) is 29.4 Å². The topological polar surface area (TPSA) is 60.0 Å². The predicted molar refractivity (Wildman–Crippen MR) is 66.9 cm³/mol. The summed E-state index contributed by atoms with van der Waals surface area (Å²) in [7, 11) is 3.21. The minimum absolute atomic E-state index is 0.548. The number of ether oxygens (including phenoxy) is 2. The normalized spacial score (nSPS) is 14.6. The first kappa shape index (κ1) is 11.1. The first-order chi connectivity index (χ1) is 8.83. The molecule has 2 heterocycles. The van der Waals surface area contributed by atoms with Crippen molar-refractivity contribution < 1.29 is 9.47 Å². The number of rotatable bonds is 4. The number of nitrogens with one attached hydrogen (secondary N) is 1. The van der Waals surface area contributed by atoms with Crippen LogP contribution in [0.3, 0.4) is 0 Å². The average Bonchev–Trinajstić information content (AvgIpc) is 3.15. The van der Waals surface area contributed by atoms with Gasteiger partial charge in [0.25, 0.3) is 0 Å². The third kappa shape index (κ3) is 1.81. The van der Waals surface area contributed by atoms with Crippen LogP contribution in [-0.2, 0) is 0 Å². The van der Waals surface area contributed by atoms with Gasteiger partial charge in [-0.3, -0.25) is 5.10 Å². The summed E-state index contributed by atoms with van der Waals surface area (Å²) in [5.41, 5.74) is 3.21. The maximum Gasteiger partial charge on any atom is 0.224 e. The molecule has 5 heteroatoms. The molecular weight excluding hydrogens is 230 g/mol. The van der Waals surface area contributed by atoms with Crippen molar-refractivity contribution >= 4 is 0 Å². The fraction of sp³-hybridized carbons (Fsp3) is 0.385. The average molecular weight is 245 g/mol. The van der Waals surface area contributed by atoms with Crippen molar-refractivity contribution in [2.45, 2.75) is 18.8 Å². The zero-order valence-electron chi connectivity index (χ0n) is 10.4. The van der Waals surface area contributed by atoms with Gasteiger partial charge in [0.15, 0.2) is 0 Å². The van der Waals surface area contributed by atoms with Gasteiger partial charge in [-0.1, -0.05) is 0 Å². The maximum absolute atomic E-state index is 5.33. The molecule has 0 bridgehead atoms. The van der Waals surface area contributed by atoms with Crippen molar-refractivity contribution in [3.63, 3.8) is 0 Å². The Morgan fingerprint density at radius 1 is 1.17 bits per heavy atom. The molecule has 18 heavy (non-hydrogen) atoms. The van der Waals surface area contributed by atoms with Crippen LogP contribution in [0.1, 0.15) is 24.5 Å². The molecule has 0 saturated heterocycles. The summed E-state index contributed by atoms with van der Waals surface area (Å²) in [5, 5.41) is 7.22. The molecule has 2 aromatic heterocycles. The van der Waals surface area contributed by atoms with E-state index in [1.54, 1.807) is 14.2 Å². The van der Waals surface area contributed by atoms with Gasteiger partial charge in [0, 0.05) is 28.8 Å². The highest BCUT2D eigenvalue weighted by Crippen LogP contribution is 2.44. The van der Waals surface area contributed by atoms with E-state index in [0.717, 1.165) is 11.1 Å². The molecule has 3 rings (SSSR count). The molecule has 0 aromatic carbocycles.